The van der Waals surface area contributed by atoms with Gasteiger partial charge in [0.1, 0.15) is 12.3 Å². The molecule has 0 aliphatic carbocycles. The number of aryl methyl sites for hydroxylation is 1. The highest BCUT2D eigenvalue weighted by Gasteiger charge is 2.29. The summed E-state index contributed by atoms with van der Waals surface area (Å²) in [5.74, 6) is -0.807. The van der Waals surface area contributed by atoms with Crippen LogP contribution in [-0.2, 0) is 24.3 Å². The first kappa shape index (κ1) is 23.2. The number of sulfonamides is 1. The summed E-state index contributed by atoms with van der Waals surface area (Å²) in [6.07, 6.45) is 0. The quantitative estimate of drug-likeness (QED) is 0.558. The molecule has 0 fully saturated rings. The maximum Gasteiger partial charge on any atom is 0.338 e. The summed E-state index contributed by atoms with van der Waals surface area (Å²) in [7, 11) is -2.67. The SMILES string of the molecule is CCOC(=O)CN(c1cc(C(=O)OCC)ccc1C)S(=O)(=O)c1ccc(OC)cc1. The number of methoxy groups -OCH3 is 1. The molecule has 2 rings (SSSR count). The van der Waals surface area contributed by atoms with E-state index in [1.807, 2.05) is 0 Å². The first-order valence-electron chi connectivity index (χ1n) is 9.34. The normalized spacial score (nSPS) is 10.9. The fourth-order valence-corrected chi connectivity index (χ4v) is 4.18. The topological polar surface area (TPSA) is 99.2 Å². The van der Waals surface area contributed by atoms with E-state index in [2.05, 4.69) is 0 Å². The van der Waals surface area contributed by atoms with Gasteiger partial charge in [0.15, 0.2) is 0 Å². The van der Waals surface area contributed by atoms with E-state index in [1.54, 1.807) is 32.9 Å². The molecule has 2 aromatic carbocycles. The van der Waals surface area contributed by atoms with E-state index >= 15 is 0 Å². The van der Waals surface area contributed by atoms with Crippen LogP contribution in [0.5, 0.6) is 5.75 Å². The van der Waals surface area contributed by atoms with Gasteiger partial charge in [-0.25, -0.2) is 13.2 Å². The lowest BCUT2D eigenvalue weighted by molar-refractivity contribution is -0.141. The predicted octanol–water partition coefficient (Wildman–Crippen LogP) is 2.94. The van der Waals surface area contributed by atoms with E-state index < -0.39 is 28.5 Å². The molecule has 0 saturated heterocycles. The number of carbonyl (C=O) groups excluding carboxylic acids is 2. The number of benzene rings is 2. The zero-order valence-electron chi connectivity index (χ0n) is 17.4. The summed E-state index contributed by atoms with van der Waals surface area (Å²) in [5.41, 5.74) is 0.921. The van der Waals surface area contributed by atoms with E-state index in [0.29, 0.717) is 11.3 Å². The average Bonchev–Trinajstić information content (AvgIpc) is 2.73. The van der Waals surface area contributed by atoms with Gasteiger partial charge >= 0.3 is 11.9 Å². The Bertz CT molecular complexity index is 1000. The summed E-state index contributed by atoms with van der Waals surface area (Å²) in [6.45, 7) is 4.73. The monoisotopic (exact) mass is 435 g/mol. The molecule has 162 valence electrons. The fraction of sp³-hybridized carbons (Fsp3) is 0.333. The summed E-state index contributed by atoms with van der Waals surface area (Å²) in [5, 5.41) is 0. The molecule has 0 amide bonds. The summed E-state index contributed by atoms with van der Waals surface area (Å²) in [4.78, 5) is 24.3. The lowest BCUT2D eigenvalue weighted by Gasteiger charge is -2.25. The van der Waals surface area contributed by atoms with Crippen molar-refractivity contribution >= 4 is 27.6 Å². The van der Waals surface area contributed by atoms with Crippen LogP contribution in [0.25, 0.3) is 0 Å². The van der Waals surface area contributed by atoms with Gasteiger partial charge in [0, 0.05) is 0 Å². The predicted molar refractivity (Wildman–Crippen MR) is 111 cm³/mol. The number of esters is 2. The smallest absolute Gasteiger partial charge is 0.338 e. The van der Waals surface area contributed by atoms with Gasteiger partial charge in [-0.3, -0.25) is 9.10 Å². The van der Waals surface area contributed by atoms with Crippen molar-refractivity contribution in [1.82, 2.24) is 0 Å². The molecule has 0 bridgehead atoms. The van der Waals surface area contributed by atoms with Crippen molar-refractivity contribution in [3.63, 3.8) is 0 Å². The lowest BCUT2D eigenvalue weighted by atomic mass is 10.1. The van der Waals surface area contributed by atoms with Crippen molar-refractivity contribution in [2.45, 2.75) is 25.7 Å². The Balaban J connectivity index is 2.58. The third-order valence-electron chi connectivity index (χ3n) is 4.21. The van der Waals surface area contributed by atoms with Crippen LogP contribution in [0.4, 0.5) is 5.69 Å². The largest absolute Gasteiger partial charge is 0.497 e. The second-order valence-corrected chi connectivity index (χ2v) is 8.08. The number of hydrogen-bond acceptors (Lipinski definition) is 7. The van der Waals surface area contributed by atoms with E-state index in [-0.39, 0.29) is 29.4 Å². The van der Waals surface area contributed by atoms with Gasteiger partial charge < -0.3 is 14.2 Å². The van der Waals surface area contributed by atoms with Gasteiger partial charge in [-0.15, -0.1) is 0 Å². The molecule has 0 aliphatic rings. The van der Waals surface area contributed by atoms with Crippen LogP contribution in [0, 0.1) is 6.92 Å². The maximum absolute atomic E-state index is 13.4. The maximum atomic E-state index is 13.4. The first-order chi connectivity index (χ1) is 14.2. The minimum atomic E-state index is -4.14. The Hall–Kier alpha value is -3.07. The number of carbonyl (C=O) groups is 2. The van der Waals surface area contributed by atoms with Crippen molar-refractivity contribution in [3.8, 4) is 5.75 Å². The molecule has 30 heavy (non-hydrogen) atoms. The summed E-state index contributed by atoms with van der Waals surface area (Å²) in [6, 6.07) is 10.3. The van der Waals surface area contributed by atoms with Gasteiger partial charge in [-0.05, 0) is 62.7 Å². The van der Waals surface area contributed by atoms with Gasteiger partial charge in [0.25, 0.3) is 10.0 Å². The average molecular weight is 435 g/mol. The molecule has 2 aromatic rings. The Morgan fingerprint density at radius 3 is 2.17 bits per heavy atom. The van der Waals surface area contributed by atoms with Crippen LogP contribution in [0.1, 0.15) is 29.8 Å². The molecule has 0 saturated carbocycles. The Morgan fingerprint density at radius 1 is 0.967 bits per heavy atom. The number of hydrogen-bond donors (Lipinski definition) is 0. The molecule has 0 N–H and O–H groups in total. The van der Waals surface area contributed by atoms with Crippen molar-refractivity contribution in [2.75, 3.05) is 31.2 Å². The standard InChI is InChI=1S/C21H25NO7S/c1-5-28-20(23)14-22(30(25,26)18-11-9-17(27-4)10-12-18)19-13-16(8-7-15(19)3)21(24)29-6-2/h7-13H,5-6,14H2,1-4H3. The second-order valence-electron chi connectivity index (χ2n) is 6.21. The Kier molecular flexibility index (Phi) is 7.82. The Labute approximate surface area is 176 Å². The van der Waals surface area contributed by atoms with Crippen LogP contribution < -0.4 is 9.04 Å². The highest BCUT2D eigenvalue weighted by atomic mass is 32.2. The summed E-state index contributed by atoms with van der Waals surface area (Å²) >= 11 is 0. The van der Waals surface area contributed by atoms with E-state index in [4.69, 9.17) is 14.2 Å². The lowest BCUT2D eigenvalue weighted by Crippen LogP contribution is -2.37. The molecule has 0 spiro atoms. The third kappa shape index (κ3) is 5.29. The number of anilines is 1. The molecular formula is C21H25NO7S. The van der Waals surface area contributed by atoms with Crippen molar-refractivity contribution in [1.29, 1.82) is 0 Å². The zero-order valence-corrected chi connectivity index (χ0v) is 18.2. The van der Waals surface area contributed by atoms with Gasteiger partial charge in [-0.2, -0.15) is 0 Å². The number of rotatable bonds is 9. The molecule has 0 unspecified atom stereocenters. The van der Waals surface area contributed by atoms with Gasteiger partial charge in [0.2, 0.25) is 0 Å². The van der Waals surface area contributed by atoms with E-state index in [9.17, 15) is 18.0 Å². The first-order valence-corrected chi connectivity index (χ1v) is 10.8. The van der Waals surface area contributed by atoms with Crippen LogP contribution in [-0.4, -0.2) is 47.2 Å². The second kappa shape index (κ2) is 10.1. The molecule has 8 nitrogen and oxygen atoms in total. The molecular weight excluding hydrogens is 410 g/mol. The Morgan fingerprint density at radius 2 is 1.60 bits per heavy atom. The van der Waals surface area contributed by atoms with Gasteiger partial charge in [0.05, 0.1) is 36.5 Å². The van der Waals surface area contributed by atoms with Crippen molar-refractivity contribution < 1.29 is 32.2 Å². The van der Waals surface area contributed by atoms with Crippen LogP contribution in [0.2, 0.25) is 0 Å². The zero-order chi connectivity index (χ0) is 22.3. The molecule has 0 aliphatic heterocycles. The molecule has 0 radical (unpaired) electrons. The highest BCUT2D eigenvalue weighted by Crippen LogP contribution is 2.29. The molecule has 0 aromatic heterocycles. The minimum absolute atomic E-state index is 0.0338. The van der Waals surface area contributed by atoms with Gasteiger partial charge in [-0.1, -0.05) is 6.07 Å². The van der Waals surface area contributed by atoms with E-state index in [0.717, 1.165) is 4.31 Å². The molecule has 9 heteroatoms. The summed E-state index contributed by atoms with van der Waals surface area (Å²) < 4.78 is 42.8. The van der Waals surface area contributed by atoms with E-state index in [1.165, 1.54) is 37.4 Å². The molecule has 0 atom stereocenters. The third-order valence-corrected chi connectivity index (χ3v) is 5.99. The van der Waals surface area contributed by atoms with Crippen molar-refractivity contribution in [2.24, 2.45) is 0 Å². The minimum Gasteiger partial charge on any atom is -0.497 e. The fourth-order valence-electron chi connectivity index (χ4n) is 2.72. The number of ether oxygens (including phenoxy) is 3. The number of nitrogens with zero attached hydrogens (tertiary/aromatic N) is 1. The van der Waals surface area contributed by atoms with Crippen LogP contribution >= 0.6 is 0 Å². The van der Waals surface area contributed by atoms with Crippen molar-refractivity contribution in [3.05, 3.63) is 53.6 Å². The van der Waals surface area contributed by atoms with Crippen LogP contribution in [0.3, 0.4) is 0 Å². The molecule has 0 heterocycles. The highest BCUT2D eigenvalue weighted by molar-refractivity contribution is 7.92. The van der Waals surface area contributed by atoms with Crippen LogP contribution in [0.15, 0.2) is 47.4 Å².